The van der Waals surface area contributed by atoms with Crippen molar-refractivity contribution in [2.75, 3.05) is 55.6 Å². The fourth-order valence-corrected chi connectivity index (χ4v) is 6.63. The first-order valence-corrected chi connectivity index (χ1v) is 15.5. The minimum absolute atomic E-state index is 0.0655. The Morgan fingerprint density at radius 2 is 0.812 bits per heavy atom. The third-order valence-corrected chi connectivity index (χ3v) is 8.85. The van der Waals surface area contributed by atoms with Crippen LogP contribution >= 0.6 is 0 Å². The van der Waals surface area contributed by atoms with Crippen molar-refractivity contribution in [1.29, 1.82) is 0 Å². The van der Waals surface area contributed by atoms with Crippen LogP contribution in [0.4, 0.5) is 0 Å². The number of ether oxygens (including phenoxy) is 12. The molecule has 0 bridgehead atoms. The fourth-order valence-electron chi connectivity index (χ4n) is 6.63. The van der Waals surface area contributed by atoms with Crippen LogP contribution in [0.25, 0.3) is 11.1 Å². The van der Waals surface area contributed by atoms with Crippen LogP contribution < -0.4 is 56.8 Å². The molecular formula is C36H34O12. The van der Waals surface area contributed by atoms with E-state index in [0.717, 1.165) is 33.4 Å². The van der Waals surface area contributed by atoms with E-state index >= 15 is 0 Å². The molecule has 4 heterocycles. The van der Waals surface area contributed by atoms with Crippen LogP contribution in [0.15, 0.2) is 36.4 Å². The van der Waals surface area contributed by atoms with Gasteiger partial charge in [-0.25, -0.2) is 0 Å². The van der Waals surface area contributed by atoms with E-state index < -0.39 is 0 Å². The minimum Gasteiger partial charge on any atom is -0.493 e. The summed E-state index contributed by atoms with van der Waals surface area (Å²) in [7, 11) is 6.51. The second-order valence-corrected chi connectivity index (χ2v) is 11.4. The Kier molecular flexibility index (Phi) is 7.62. The molecule has 0 saturated heterocycles. The van der Waals surface area contributed by atoms with E-state index in [4.69, 9.17) is 56.8 Å². The predicted molar refractivity (Wildman–Crippen MR) is 170 cm³/mol. The second-order valence-electron chi connectivity index (χ2n) is 11.4. The molecule has 4 aromatic rings. The van der Waals surface area contributed by atoms with Crippen molar-refractivity contribution in [3.63, 3.8) is 0 Å². The molecule has 4 aliphatic heterocycles. The Labute approximate surface area is 276 Å². The Morgan fingerprint density at radius 1 is 0.417 bits per heavy atom. The number of rotatable bonds is 11. The summed E-state index contributed by atoms with van der Waals surface area (Å²) < 4.78 is 69.5. The maximum atomic E-state index is 6.06. The van der Waals surface area contributed by atoms with E-state index in [-0.39, 0.29) is 27.2 Å². The average molecular weight is 659 g/mol. The van der Waals surface area contributed by atoms with E-state index in [1.165, 1.54) is 0 Å². The van der Waals surface area contributed by atoms with Crippen LogP contribution in [0.3, 0.4) is 0 Å². The zero-order valence-corrected chi connectivity index (χ0v) is 27.0. The van der Waals surface area contributed by atoms with Crippen molar-refractivity contribution in [1.82, 2.24) is 0 Å². The number of benzene rings is 4. The van der Waals surface area contributed by atoms with Gasteiger partial charge < -0.3 is 56.8 Å². The molecule has 0 amide bonds. The van der Waals surface area contributed by atoms with Crippen LogP contribution in [0.2, 0.25) is 0 Å². The molecule has 0 spiro atoms. The maximum absolute atomic E-state index is 6.06. The van der Waals surface area contributed by atoms with Crippen LogP contribution in [-0.4, -0.2) is 55.6 Å². The zero-order chi connectivity index (χ0) is 32.8. The van der Waals surface area contributed by atoms with E-state index in [2.05, 4.69) is 12.1 Å². The van der Waals surface area contributed by atoms with Crippen molar-refractivity contribution >= 4 is 0 Å². The molecule has 48 heavy (non-hydrogen) atoms. The van der Waals surface area contributed by atoms with Gasteiger partial charge in [-0.2, -0.15) is 0 Å². The van der Waals surface area contributed by atoms with Gasteiger partial charge in [0, 0.05) is 11.1 Å². The number of aryl methyl sites for hydroxylation is 4. The monoisotopic (exact) mass is 658 g/mol. The van der Waals surface area contributed by atoms with Gasteiger partial charge in [-0.15, -0.1) is 0 Å². The Balaban J connectivity index is 1.17. The highest BCUT2D eigenvalue weighted by atomic mass is 16.7. The molecule has 0 aliphatic carbocycles. The summed E-state index contributed by atoms with van der Waals surface area (Å²) in [5.74, 6) is 7.34. The highest BCUT2D eigenvalue weighted by molar-refractivity contribution is 5.86. The molecule has 0 atom stereocenters. The average Bonchev–Trinajstić information content (AvgIpc) is 3.95. The van der Waals surface area contributed by atoms with Gasteiger partial charge in [-0.1, -0.05) is 0 Å². The lowest BCUT2D eigenvalue weighted by Gasteiger charge is -2.18. The van der Waals surface area contributed by atoms with Gasteiger partial charge in [0.2, 0.25) is 50.2 Å². The van der Waals surface area contributed by atoms with Crippen molar-refractivity contribution in [3.8, 4) is 80.1 Å². The maximum Gasteiger partial charge on any atom is 0.231 e. The van der Waals surface area contributed by atoms with E-state index in [0.29, 0.717) is 94.7 Å². The Hall–Kier alpha value is -5.52. The molecule has 250 valence electrons. The molecule has 0 unspecified atom stereocenters. The van der Waals surface area contributed by atoms with Crippen LogP contribution in [0.5, 0.6) is 69.0 Å². The number of fused-ring (bicyclic) bond motifs is 4. The molecule has 0 radical (unpaired) electrons. The molecule has 0 aromatic heterocycles. The molecule has 12 heteroatoms. The lowest BCUT2D eigenvalue weighted by atomic mass is 9.93. The van der Waals surface area contributed by atoms with Crippen LogP contribution in [-0.2, 0) is 25.7 Å². The van der Waals surface area contributed by atoms with Crippen molar-refractivity contribution in [2.24, 2.45) is 0 Å². The molecule has 8 rings (SSSR count). The van der Waals surface area contributed by atoms with Gasteiger partial charge in [-0.3, -0.25) is 0 Å². The summed E-state index contributed by atoms with van der Waals surface area (Å²) in [4.78, 5) is 0. The van der Waals surface area contributed by atoms with Gasteiger partial charge in [0.1, 0.15) is 0 Å². The molecule has 0 N–H and O–H groups in total. The molecule has 12 nitrogen and oxygen atoms in total. The second kappa shape index (κ2) is 12.3. The topological polar surface area (TPSA) is 111 Å². The van der Waals surface area contributed by atoms with E-state index in [1.54, 1.807) is 28.4 Å². The molecular weight excluding hydrogens is 624 g/mol. The highest BCUT2D eigenvalue weighted by Gasteiger charge is 2.33. The van der Waals surface area contributed by atoms with Crippen LogP contribution in [0, 0.1) is 0 Å². The quantitative estimate of drug-likeness (QED) is 0.192. The SMILES string of the molecule is COc1cc(CCc2cc(-c3cc(CCc4cc(OC)c5c(c4)OCO5)c(OC)c4c3OCO4)c3c(c2OC)OCO3)cc2c1OCO2. The summed E-state index contributed by atoms with van der Waals surface area (Å²) in [5.41, 5.74) is 5.54. The Morgan fingerprint density at radius 3 is 1.23 bits per heavy atom. The smallest absolute Gasteiger partial charge is 0.231 e. The third-order valence-electron chi connectivity index (χ3n) is 8.85. The van der Waals surface area contributed by atoms with Gasteiger partial charge in [0.15, 0.2) is 46.0 Å². The first kappa shape index (κ1) is 29.9. The van der Waals surface area contributed by atoms with Gasteiger partial charge >= 0.3 is 0 Å². The zero-order valence-electron chi connectivity index (χ0n) is 27.0. The third kappa shape index (κ3) is 4.99. The standard InChI is InChI=1S/C36H34O12/c1-37-25-9-19(11-27-33(25)45-15-41-27)5-7-21-13-23(31-35(29(21)39-3)47-17-43-31)24-14-22(30(40-4)36-32(24)44-18-48-36)8-6-20-10-26(38-2)34-28(12-20)42-16-46-34/h9-14H,5-8,15-18H2,1-4H3. The number of hydrogen-bond acceptors (Lipinski definition) is 12. The predicted octanol–water partition coefficient (Wildman–Crippen LogP) is 5.87. The van der Waals surface area contributed by atoms with Crippen molar-refractivity contribution in [3.05, 3.63) is 58.7 Å². The van der Waals surface area contributed by atoms with Crippen LogP contribution in [0.1, 0.15) is 22.3 Å². The van der Waals surface area contributed by atoms with Crippen molar-refractivity contribution in [2.45, 2.75) is 25.7 Å². The molecule has 0 saturated carbocycles. The normalized spacial score (nSPS) is 14.3. The van der Waals surface area contributed by atoms with E-state index in [9.17, 15) is 0 Å². The van der Waals surface area contributed by atoms with E-state index in [1.807, 2.05) is 24.3 Å². The summed E-state index contributed by atoms with van der Waals surface area (Å²) in [6.45, 7) is 0.463. The summed E-state index contributed by atoms with van der Waals surface area (Å²) in [6.07, 6.45) is 2.61. The summed E-state index contributed by atoms with van der Waals surface area (Å²) in [6, 6.07) is 12.1. The van der Waals surface area contributed by atoms with Crippen molar-refractivity contribution < 1.29 is 56.8 Å². The molecule has 0 fully saturated rings. The van der Waals surface area contributed by atoms with Gasteiger partial charge in [0.05, 0.1) is 28.4 Å². The lowest BCUT2D eigenvalue weighted by molar-refractivity contribution is 0.170. The Bertz CT molecular complexity index is 1760. The first-order valence-electron chi connectivity index (χ1n) is 15.5. The minimum atomic E-state index is 0.0655. The molecule has 4 aromatic carbocycles. The largest absolute Gasteiger partial charge is 0.493 e. The molecule has 4 aliphatic rings. The number of hydrogen-bond donors (Lipinski definition) is 0. The highest BCUT2D eigenvalue weighted by Crippen LogP contribution is 2.56. The van der Waals surface area contributed by atoms with Gasteiger partial charge in [-0.05, 0) is 84.3 Å². The summed E-state index contributed by atoms with van der Waals surface area (Å²) >= 11 is 0. The van der Waals surface area contributed by atoms with Gasteiger partial charge in [0.25, 0.3) is 0 Å². The number of methoxy groups -OCH3 is 4. The lowest BCUT2D eigenvalue weighted by Crippen LogP contribution is -2.01. The first-order chi connectivity index (χ1) is 23.6. The fraction of sp³-hybridized carbons (Fsp3) is 0.333. The summed E-state index contributed by atoms with van der Waals surface area (Å²) in [5, 5.41) is 0.